The summed E-state index contributed by atoms with van der Waals surface area (Å²) in [5.74, 6) is 1.04. The van der Waals surface area contributed by atoms with Gasteiger partial charge in [0.25, 0.3) is 0 Å². The third kappa shape index (κ3) is 2.41. The molecule has 0 radical (unpaired) electrons. The van der Waals surface area contributed by atoms with Crippen LogP contribution < -0.4 is 10.1 Å². The number of ether oxygens (including phenoxy) is 1. The van der Waals surface area contributed by atoms with Crippen LogP contribution in [0.3, 0.4) is 0 Å². The van der Waals surface area contributed by atoms with E-state index in [1.807, 2.05) is 19.3 Å². The summed E-state index contributed by atoms with van der Waals surface area (Å²) >= 11 is 0. The second-order valence-electron chi connectivity index (χ2n) is 5.27. The minimum atomic E-state index is 0.0722. The van der Waals surface area contributed by atoms with Crippen LogP contribution in [0.4, 0.5) is 0 Å². The van der Waals surface area contributed by atoms with Crippen molar-refractivity contribution in [3.8, 4) is 5.75 Å². The number of aryl methyl sites for hydroxylation is 2. The van der Waals surface area contributed by atoms with E-state index in [1.54, 1.807) is 0 Å². The molecule has 3 heteroatoms. The van der Waals surface area contributed by atoms with Gasteiger partial charge in [0.1, 0.15) is 5.75 Å². The highest BCUT2D eigenvalue weighted by Crippen LogP contribution is 2.35. The summed E-state index contributed by atoms with van der Waals surface area (Å²) in [4.78, 5) is 4.52. The Labute approximate surface area is 120 Å². The number of fused-ring (bicyclic) bond motifs is 1. The van der Waals surface area contributed by atoms with Crippen LogP contribution in [0.5, 0.6) is 5.75 Å². The Balaban J connectivity index is 2.06. The van der Waals surface area contributed by atoms with E-state index in [9.17, 15) is 0 Å². The van der Waals surface area contributed by atoms with Gasteiger partial charge < -0.3 is 10.1 Å². The monoisotopic (exact) mass is 268 g/mol. The molecule has 1 aromatic heterocycles. The third-order valence-electron chi connectivity index (χ3n) is 3.80. The minimum Gasteiger partial charge on any atom is -0.493 e. The van der Waals surface area contributed by atoms with Crippen molar-refractivity contribution in [2.45, 2.75) is 25.8 Å². The molecule has 0 fully saturated rings. The van der Waals surface area contributed by atoms with Gasteiger partial charge in [-0.05, 0) is 50.1 Å². The Kier molecular flexibility index (Phi) is 3.70. The molecule has 0 amide bonds. The SMILES string of the molecule is CNC(c1cc(C)ccn1)c1cccc2c1OCCC2. The minimum absolute atomic E-state index is 0.0722. The number of pyridine rings is 1. The molecule has 20 heavy (non-hydrogen) atoms. The fraction of sp³-hybridized carbons (Fsp3) is 0.353. The molecule has 1 unspecified atom stereocenters. The smallest absolute Gasteiger partial charge is 0.127 e. The van der Waals surface area contributed by atoms with Crippen molar-refractivity contribution in [3.63, 3.8) is 0 Å². The molecule has 1 aromatic carbocycles. The number of nitrogens with zero attached hydrogens (tertiary/aromatic N) is 1. The van der Waals surface area contributed by atoms with Crippen LogP contribution in [0.2, 0.25) is 0 Å². The van der Waals surface area contributed by atoms with Gasteiger partial charge in [-0.2, -0.15) is 0 Å². The first-order chi connectivity index (χ1) is 9.79. The van der Waals surface area contributed by atoms with E-state index in [0.29, 0.717) is 0 Å². The van der Waals surface area contributed by atoms with Crippen LogP contribution in [-0.4, -0.2) is 18.6 Å². The van der Waals surface area contributed by atoms with Crippen molar-refractivity contribution >= 4 is 0 Å². The normalized spacial score (nSPS) is 15.3. The quantitative estimate of drug-likeness (QED) is 0.929. The summed E-state index contributed by atoms with van der Waals surface area (Å²) in [6.07, 6.45) is 4.06. The number of hydrogen-bond donors (Lipinski definition) is 1. The van der Waals surface area contributed by atoms with Crippen LogP contribution in [0.15, 0.2) is 36.5 Å². The highest BCUT2D eigenvalue weighted by molar-refractivity contribution is 5.47. The lowest BCUT2D eigenvalue weighted by atomic mass is 9.95. The van der Waals surface area contributed by atoms with E-state index in [-0.39, 0.29) is 6.04 Å². The van der Waals surface area contributed by atoms with Crippen LogP contribution in [0.1, 0.15) is 34.8 Å². The largest absolute Gasteiger partial charge is 0.493 e. The van der Waals surface area contributed by atoms with Gasteiger partial charge in [0.15, 0.2) is 0 Å². The molecule has 3 nitrogen and oxygen atoms in total. The molecule has 0 aliphatic carbocycles. The van der Waals surface area contributed by atoms with Crippen molar-refractivity contribution < 1.29 is 4.74 Å². The Bertz CT molecular complexity index is 610. The average Bonchev–Trinajstić information content (AvgIpc) is 2.48. The number of hydrogen-bond acceptors (Lipinski definition) is 3. The first-order valence-electron chi connectivity index (χ1n) is 7.14. The van der Waals surface area contributed by atoms with E-state index in [0.717, 1.165) is 30.9 Å². The van der Waals surface area contributed by atoms with Gasteiger partial charge in [-0.3, -0.25) is 4.98 Å². The highest BCUT2D eigenvalue weighted by atomic mass is 16.5. The highest BCUT2D eigenvalue weighted by Gasteiger charge is 2.22. The van der Waals surface area contributed by atoms with Gasteiger partial charge >= 0.3 is 0 Å². The predicted octanol–water partition coefficient (Wildman–Crippen LogP) is 3.02. The van der Waals surface area contributed by atoms with Crippen molar-refractivity contribution in [2.75, 3.05) is 13.7 Å². The summed E-state index contributed by atoms with van der Waals surface area (Å²) in [7, 11) is 1.97. The average molecular weight is 268 g/mol. The molecule has 1 aliphatic heterocycles. The maximum atomic E-state index is 5.92. The fourth-order valence-electron chi connectivity index (χ4n) is 2.82. The lowest BCUT2D eigenvalue weighted by molar-refractivity contribution is 0.283. The fourth-order valence-corrected chi connectivity index (χ4v) is 2.82. The van der Waals surface area contributed by atoms with E-state index < -0.39 is 0 Å². The standard InChI is InChI=1S/C17H20N2O/c1-12-8-9-19-15(11-12)16(18-2)14-7-3-5-13-6-4-10-20-17(13)14/h3,5,7-9,11,16,18H,4,6,10H2,1-2H3. The van der Waals surface area contributed by atoms with Gasteiger partial charge in [-0.1, -0.05) is 18.2 Å². The zero-order valence-corrected chi connectivity index (χ0v) is 12.0. The molecule has 0 saturated heterocycles. The molecule has 1 atom stereocenters. The Morgan fingerprint density at radius 1 is 1.30 bits per heavy atom. The Hall–Kier alpha value is -1.87. The summed E-state index contributed by atoms with van der Waals surface area (Å²) < 4.78 is 5.92. The maximum absolute atomic E-state index is 5.92. The molecule has 1 N–H and O–H groups in total. The summed E-state index contributed by atoms with van der Waals surface area (Å²) in [6, 6.07) is 10.6. The van der Waals surface area contributed by atoms with Gasteiger partial charge in [0.2, 0.25) is 0 Å². The summed E-state index contributed by atoms with van der Waals surface area (Å²) in [5.41, 5.74) is 4.75. The van der Waals surface area contributed by atoms with Crippen molar-refractivity contribution in [1.82, 2.24) is 10.3 Å². The molecule has 0 spiro atoms. The molecular weight excluding hydrogens is 248 g/mol. The van der Waals surface area contributed by atoms with Crippen LogP contribution in [0, 0.1) is 6.92 Å². The number of nitrogens with one attached hydrogen (secondary N) is 1. The number of para-hydroxylation sites is 1. The van der Waals surface area contributed by atoms with Crippen molar-refractivity contribution in [3.05, 3.63) is 58.9 Å². The van der Waals surface area contributed by atoms with Crippen LogP contribution in [-0.2, 0) is 6.42 Å². The molecule has 104 valence electrons. The second kappa shape index (κ2) is 5.63. The lowest BCUT2D eigenvalue weighted by Crippen LogP contribution is -2.21. The van der Waals surface area contributed by atoms with Gasteiger partial charge in [0.05, 0.1) is 18.3 Å². The molecule has 2 heterocycles. The first-order valence-corrected chi connectivity index (χ1v) is 7.14. The number of aromatic nitrogens is 1. The maximum Gasteiger partial charge on any atom is 0.127 e. The van der Waals surface area contributed by atoms with E-state index in [4.69, 9.17) is 4.74 Å². The van der Waals surface area contributed by atoms with E-state index >= 15 is 0 Å². The molecule has 0 saturated carbocycles. The summed E-state index contributed by atoms with van der Waals surface area (Å²) in [6.45, 7) is 2.90. The molecule has 0 bridgehead atoms. The van der Waals surface area contributed by atoms with Crippen molar-refractivity contribution in [1.29, 1.82) is 0 Å². The third-order valence-corrected chi connectivity index (χ3v) is 3.80. The molecule has 2 aromatic rings. The summed E-state index contributed by atoms with van der Waals surface area (Å²) in [5, 5.41) is 3.37. The van der Waals surface area contributed by atoms with Gasteiger partial charge in [-0.25, -0.2) is 0 Å². The molecule has 1 aliphatic rings. The number of benzene rings is 1. The number of rotatable bonds is 3. The van der Waals surface area contributed by atoms with E-state index in [2.05, 4.69) is 41.5 Å². The van der Waals surface area contributed by atoms with Crippen LogP contribution >= 0.6 is 0 Å². The predicted molar refractivity (Wildman–Crippen MR) is 80.1 cm³/mol. The molecular formula is C17H20N2O. The van der Waals surface area contributed by atoms with Gasteiger partial charge in [0, 0.05) is 11.8 Å². The zero-order chi connectivity index (χ0) is 13.9. The second-order valence-corrected chi connectivity index (χ2v) is 5.27. The van der Waals surface area contributed by atoms with E-state index in [1.165, 1.54) is 16.7 Å². The Morgan fingerprint density at radius 3 is 3.00 bits per heavy atom. The zero-order valence-electron chi connectivity index (χ0n) is 12.0. The van der Waals surface area contributed by atoms with Crippen LogP contribution in [0.25, 0.3) is 0 Å². The topological polar surface area (TPSA) is 34.2 Å². The molecule has 3 rings (SSSR count). The Morgan fingerprint density at radius 2 is 2.20 bits per heavy atom. The first kappa shape index (κ1) is 13.1. The lowest BCUT2D eigenvalue weighted by Gasteiger charge is -2.25. The van der Waals surface area contributed by atoms with Crippen molar-refractivity contribution in [2.24, 2.45) is 0 Å². The van der Waals surface area contributed by atoms with Gasteiger partial charge in [-0.15, -0.1) is 0 Å².